The highest BCUT2D eigenvalue weighted by molar-refractivity contribution is 6.05. The van der Waals surface area contributed by atoms with E-state index in [2.05, 4.69) is 0 Å². The molecule has 1 aliphatic carbocycles. The molecule has 23 heavy (non-hydrogen) atoms. The van der Waals surface area contributed by atoms with E-state index in [1.165, 1.54) is 11.3 Å². The second-order valence-corrected chi connectivity index (χ2v) is 7.40. The molecule has 0 bridgehead atoms. The molecule has 4 rings (SSSR count). The average molecular weight is 319 g/mol. The third kappa shape index (κ3) is 2.42. The third-order valence-electron chi connectivity index (χ3n) is 6.02. The molecular formula is C17H25N3O3. The number of carbonyl (C=O) groups is 3. The predicted molar refractivity (Wildman–Crippen MR) is 83.5 cm³/mol. The van der Waals surface area contributed by atoms with Crippen LogP contribution in [-0.4, -0.2) is 64.3 Å². The fourth-order valence-corrected chi connectivity index (χ4v) is 4.74. The molecule has 1 saturated carbocycles. The summed E-state index contributed by atoms with van der Waals surface area (Å²) >= 11 is 0. The Hall–Kier alpha value is -1.59. The highest BCUT2D eigenvalue weighted by atomic mass is 16.2. The van der Waals surface area contributed by atoms with Gasteiger partial charge in [-0.2, -0.15) is 0 Å². The minimum Gasteiger partial charge on any atom is -0.340 e. The number of carbonyl (C=O) groups excluding carboxylic acids is 3. The summed E-state index contributed by atoms with van der Waals surface area (Å²) in [6, 6.07) is -0.479. The molecule has 2 atom stereocenters. The van der Waals surface area contributed by atoms with Crippen molar-refractivity contribution >= 4 is 17.8 Å². The second-order valence-electron chi connectivity index (χ2n) is 7.40. The van der Waals surface area contributed by atoms with Crippen LogP contribution in [0.1, 0.15) is 51.4 Å². The first-order chi connectivity index (χ1) is 11.2. The van der Waals surface area contributed by atoms with Crippen molar-refractivity contribution in [3.05, 3.63) is 0 Å². The highest BCUT2D eigenvalue weighted by Crippen LogP contribution is 2.32. The van der Waals surface area contributed by atoms with E-state index in [4.69, 9.17) is 0 Å². The zero-order chi connectivity index (χ0) is 16.0. The standard InChI is InChI=1S/C17H25N3O3/c21-15(12-5-2-1-3-6-12)18-10-8-13(11-18)20-16(22)14-7-4-9-19(14)17(20)23/h12-14H,1-11H2/t13?,14-/m1/s1. The van der Waals surface area contributed by atoms with Gasteiger partial charge in [0.2, 0.25) is 5.91 Å². The molecule has 3 saturated heterocycles. The van der Waals surface area contributed by atoms with Gasteiger partial charge in [0.25, 0.3) is 5.91 Å². The molecule has 3 aliphatic heterocycles. The summed E-state index contributed by atoms with van der Waals surface area (Å²) in [5, 5.41) is 0. The van der Waals surface area contributed by atoms with Gasteiger partial charge in [0.1, 0.15) is 6.04 Å². The fourth-order valence-electron chi connectivity index (χ4n) is 4.74. The monoisotopic (exact) mass is 319 g/mol. The average Bonchev–Trinajstić information content (AvgIpc) is 3.28. The summed E-state index contributed by atoms with van der Waals surface area (Å²) in [6.45, 7) is 1.91. The van der Waals surface area contributed by atoms with Crippen LogP contribution >= 0.6 is 0 Å². The smallest absolute Gasteiger partial charge is 0.327 e. The van der Waals surface area contributed by atoms with Crippen LogP contribution in [0.3, 0.4) is 0 Å². The van der Waals surface area contributed by atoms with Crippen molar-refractivity contribution in [1.29, 1.82) is 0 Å². The zero-order valence-electron chi connectivity index (χ0n) is 13.6. The molecule has 0 aromatic carbocycles. The number of likely N-dealkylation sites (tertiary alicyclic amines) is 1. The summed E-state index contributed by atoms with van der Waals surface area (Å²) in [5.41, 5.74) is 0. The molecule has 4 aliphatic rings. The summed E-state index contributed by atoms with van der Waals surface area (Å²) in [7, 11) is 0. The molecule has 0 spiro atoms. The maximum atomic E-state index is 12.6. The van der Waals surface area contributed by atoms with Crippen LogP contribution in [0.5, 0.6) is 0 Å². The van der Waals surface area contributed by atoms with E-state index < -0.39 is 0 Å². The summed E-state index contributed by atoms with van der Waals surface area (Å²) in [6.07, 6.45) is 7.97. The summed E-state index contributed by atoms with van der Waals surface area (Å²) in [5.74, 6) is 0.367. The van der Waals surface area contributed by atoms with Gasteiger partial charge in [-0.25, -0.2) is 4.79 Å². The first-order valence-electron chi connectivity index (χ1n) is 9.09. The van der Waals surface area contributed by atoms with E-state index in [1.807, 2.05) is 4.90 Å². The minimum atomic E-state index is -0.231. The minimum absolute atomic E-state index is 0.0375. The van der Waals surface area contributed by atoms with Crippen LogP contribution in [0.15, 0.2) is 0 Å². The van der Waals surface area contributed by atoms with Gasteiger partial charge < -0.3 is 9.80 Å². The fraction of sp³-hybridized carbons (Fsp3) is 0.824. The number of hydrogen-bond donors (Lipinski definition) is 0. The van der Waals surface area contributed by atoms with Crippen molar-refractivity contribution in [2.75, 3.05) is 19.6 Å². The van der Waals surface area contributed by atoms with Crippen LogP contribution < -0.4 is 0 Å². The van der Waals surface area contributed by atoms with Crippen LogP contribution in [0.4, 0.5) is 4.79 Å². The largest absolute Gasteiger partial charge is 0.340 e. The quantitative estimate of drug-likeness (QED) is 0.726. The lowest BCUT2D eigenvalue weighted by atomic mass is 9.88. The highest BCUT2D eigenvalue weighted by Gasteiger charge is 2.51. The van der Waals surface area contributed by atoms with Crippen molar-refractivity contribution in [1.82, 2.24) is 14.7 Å². The zero-order valence-corrected chi connectivity index (χ0v) is 13.6. The van der Waals surface area contributed by atoms with E-state index >= 15 is 0 Å². The Labute approximate surface area is 136 Å². The van der Waals surface area contributed by atoms with Gasteiger partial charge in [0.05, 0.1) is 6.04 Å². The Balaban J connectivity index is 1.41. The Bertz CT molecular complexity index is 507. The Morgan fingerprint density at radius 1 is 0.913 bits per heavy atom. The van der Waals surface area contributed by atoms with Crippen LogP contribution in [0.25, 0.3) is 0 Å². The number of hydrogen-bond acceptors (Lipinski definition) is 3. The molecule has 6 nitrogen and oxygen atoms in total. The molecular weight excluding hydrogens is 294 g/mol. The van der Waals surface area contributed by atoms with Gasteiger partial charge in [0, 0.05) is 25.6 Å². The van der Waals surface area contributed by atoms with Crippen molar-refractivity contribution in [2.24, 2.45) is 5.92 Å². The summed E-state index contributed by atoms with van der Waals surface area (Å²) in [4.78, 5) is 42.7. The third-order valence-corrected chi connectivity index (χ3v) is 6.02. The van der Waals surface area contributed by atoms with Crippen molar-refractivity contribution < 1.29 is 14.4 Å². The van der Waals surface area contributed by atoms with Gasteiger partial charge >= 0.3 is 6.03 Å². The van der Waals surface area contributed by atoms with Crippen LogP contribution in [0, 0.1) is 5.92 Å². The first-order valence-corrected chi connectivity index (χ1v) is 9.09. The van der Waals surface area contributed by atoms with Crippen LogP contribution in [0.2, 0.25) is 0 Å². The normalized spacial score (nSPS) is 32.1. The molecule has 0 N–H and O–H groups in total. The topological polar surface area (TPSA) is 60.9 Å². The van der Waals surface area contributed by atoms with Gasteiger partial charge in [-0.1, -0.05) is 19.3 Å². The number of fused-ring (bicyclic) bond motifs is 1. The lowest BCUT2D eigenvalue weighted by Crippen LogP contribution is -2.44. The van der Waals surface area contributed by atoms with E-state index in [-0.39, 0.29) is 35.8 Å². The van der Waals surface area contributed by atoms with Crippen molar-refractivity contribution in [3.8, 4) is 0 Å². The van der Waals surface area contributed by atoms with E-state index in [9.17, 15) is 14.4 Å². The molecule has 0 aromatic heterocycles. The lowest BCUT2D eigenvalue weighted by molar-refractivity contribution is -0.136. The van der Waals surface area contributed by atoms with Gasteiger partial charge in [-0.15, -0.1) is 0 Å². The Kier molecular flexibility index (Phi) is 3.77. The predicted octanol–water partition coefficient (Wildman–Crippen LogP) is 1.59. The SMILES string of the molecule is O=C(C1CCCCC1)N1CCC(N2C(=O)[C@H]3CCCN3C2=O)C1. The number of urea groups is 1. The molecule has 0 radical (unpaired) electrons. The lowest BCUT2D eigenvalue weighted by Gasteiger charge is -2.27. The molecule has 6 heteroatoms. The number of nitrogens with zero attached hydrogens (tertiary/aromatic N) is 3. The molecule has 4 amide bonds. The van der Waals surface area contributed by atoms with Gasteiger partial charge in [0.15, 0.2) is 0 Å². The maximum Gasteiger partial charge on any atom is 0.327 e. The molecule has 4 fully saturated rings. The Morgan fingerprint density at radius 2 is 1.70 bits per heavy atom. The number of rotatable bonds is 2. The Morgan fingerprint density at radius 3 is 2.43 bits per heavy atom. The van der Waals surface area contributed by atoms with Crippen molar-refractivity contribution in [2.45, 2.75) is 63.5 Å². The summed E-state index contributed by atoms with van der Waals surface area (Å²) < 4.78 is 0. The van der Waals surface area contributed by atoms with E-state index in [1.54, 1.807) is 4.90 Å². The molecule has 126 valence electrons. The van der Waals surface area contributed by atoms with Crippen molar-refractivity contribution in [3.63, 3.8) is 0 Å². The second kappa shape index (κ2) is 5.80. The maximum absolute atomic E-state index is 12.6. The number of amides is 4. The van der Waals surface area contributed by atoms with Crippen LogP contribution in [-0.2, 0) is 9.59 Å². The first kappa shape index (κ1) is 15.0. The van der Waals surface area contributed by atoms with E-state index in [0.29, 0.717) is 19.6 Å². The molecule has 1 unspecified atom stereocenters. The molecule has 0 aromatic rings. The molecule has 3 heterocycles. The van der Waals surface area contributed by atoms with Gasteiger partial charge in [-0.3, -0.25) is 14.5 Å². The van der Waals surface area contributed by atoms with Gasteiger partial charge in [-0.05, 0) is 32.1 Å². The number of imide groups is 1. The van der Waals surface area contributed by atoms with E-state index in [0.717, 1.165) is 44.9 Å².